The van der Waals surface area contributed by atoms with E-state index in [0.29, 0.717) is 10.6 Å². The van der Waals surface area contributed by atoms with E-state index in [2.05, 4.69) is 11.8 Å². The molecule has 2 N–H and O–H groups in total. The van der Waals surface area contributed by atoms with Crippen LogP contribution in [0.1, 0.15) is 17.0 Å². The Morgan fingerprint density at radius 2 is 1.67 bits per heavy atom. The molecule has 21 heavy (non-hydrogen) atoms. The number of halogens is 1. The van der Waals surface area contributed by atoms with Crippen molar-refractivity contribution in [1.29, 1.82) is 0 Å². The molecule has 4 heteroatoms. The Morgan fingerprint density at radius 1 is 1.05 bits per heavy atom. The molecule has 0 fully saturated rings. The molecule has 2 aromatic carbocycles. The van der Waals surface area contributed by atoms with Crippen LogP contribution in [0, 0.1) is 11.8 Å². The van der Waals surface area contributed by atoms with Gasteiger partial charge in [0.15, 0.2) is 0 Å². The molecule has 0 aliphatic rings. The predicted molar refractivity (Wildman–Crippen MR) is 81.2 cm³/mol. The minimum absolute atomic E-state index is 0.460. The van der Waals surface area contributed by atoms with Crippen LogP contribution >= 0.6 is 11.6 Å². The Balaban J connectivity index is 2.25. The second kappa shape index (κ2) is 6.94. The van der Waals surface area contributed by atoms with Crippen LogP contribution in [0.5, 0.6) is 0 Å². The number of benzene rings is 2. The first-order chi connectivity index (χ1) is 10.1. The van der Waals surface area contributed by atoms with Gasteiger partial charge in [-0.05, 0) is 29.8 Å². The lowest BCUT2D eigenvalue weighted by molar-refractivity contribution is -0.140. The number of aliphatic carboxylic acids is 1. The van der Waals surface area contributed by atoms with Crippen molar-refractivity contribution in [2.75, 3.05) is 0 Å². The summed E-state index contributed by atoms with van der Waals surface area (Å²) < 4.78 is 0. The summed E-state index contributed by atoms with van der Waals surface area (Å²) in [5.74, 6) is 3.11. The maximum absolute atomic E-state index is 11.4. The van der Waals surface area contributed by atoms with Gasteiger partial charge in [-0.25, -0.2) is 0 Å². The number of hydrogen-bond donors (Lipinski definition) is 2. The Kier molecular flexibility index (Phi) is 4.99. The summed E-state index contributed by atoms with van der Waals surface area (Å²) in [7, 11) is 0. The lowest BCUT2D eigenvalue weighted by Crippen LogP contribution is -2.24. The third-order valence-electron chi connectivity index (χ3n) is 2.95. The molecule has 0 aromatic heterocycles. The highest BCUT2D eigenvalue weighted by molar-refractivity contribution is 6.30. The van der Waals surface area contributed by atoms with E-state index in [1.54, 1.807) is 36.4 Å². The number of carboxylic acid groups (broad SMARTS) is 1. The van der Waals surface area contributed by atoms with Gasteiger partial charge >= 0.3 is 5.97 Å². The molecule has 2 atom stereocenters. The largest absolute Gasteiger partial charge is 0.481 e. The van der Waals surface area contributed by atoms with Crippen LogP contribution in [0.3, 0.4) is 0 Å². The lowest BCUT2D eigenvalue weighted by atomic mass is 9.93. The quantitative estimate of drug-likeness (QED) is 0.857. The van der Waals surface area contributed by atoms with Crippen LogP contribution in [0.15, 0.2) is 54.6 Å². The average Bonchev–Trinajstić information content (AvgIpc) is 2.48. The summed E-state index contributed by atoms with van der Waals surface area (Å²) in [6, 6.07) is 15.4. The molecule has 0 amide bonds. The summed E-state index contributed by atoms with van der Waals surface area (Å²) in [5, 5.41) is 19.9. The molecule has 106 valence electrons. The van der Waals surface area contributed by atoms with Crippen LogP contribution in [0.4, 0.5) is 0 Å². The zero-order chi connectivity index (χ0) is 15.2. The van der Waals surface area contributed by atoms with Crippen LogP contribution < -0.4 is 0 Å². The molecule has 0 saturated carbocycles. The summed E-state index contributed by atoms with van der Waals surface area (Å²) >= 11 is 5.78. The van der Waals surface area contributed by atoms with Gasteiger partial charge in [-0.15, -0.1) is 0 Å². The van der Waals surface area contributed by atoms with Gasteiger partial charge in [-0.1, -0.05) is 53.8 Å². The van der Waals surface area contributed by atoms with E-state index in [-0.39, 0.29) is 0 Å². The number of aliphatic hydroxyl groups is 1. The van der Waals surface area contributed by atoms with Crippen molar-refractivity contribution in [3.63, 3.8) is 0 Å². The number of carboxylic acids is 1. The van der Waals surface area contributed by atoms with Crippen molar-refractivity contribution in [2.24, 2.45) is 0 Å². The highest BCUT2D eigenvalue weighted by Gasteiger charge is 2.27. The molecule has 0 heterocycles. The molecular formula is C17H13ClO3. The molecule has 3 nitrogen and oxygen atoms in total. The smallest absolute Gasteiger partial charge is 0.314 e. The third kappa shape index (κ3) is 4.09. The van der Waals surface area contributed by atoms with E-state index in [4.69, 9.17) is 11.6 Å². The van der Waals surface area contributed by atoms with E-state index in [1.165, 1.54) is 0 Å². The van der Waals surface area contributed by atoms with E-state index < -0.39 is 18.0 Å². The van der Waals surface area contributed by atoms with Crippen molar-refractivity contribution >= 4 is 17.6 Å². The van der Waals surface area contributed by atoms with Crippen molar-refractivity contribution in [3.8, 4) is 11.8 Å². The predicted octanol–water partition coefficient (Wildman–Crippen LogP) is 2.92. The van der Waals surface area contributed by atoms with Gasteiger partial charge in [0.1, 0.15) is 12.0 Å². The third-order valence-corrected chi connectivity index (χ3v) is 3.20. The molecule has 0 bridgehead atoms. The zero-order valence-corrected chi connectivity index (χ0v) is 11.8. The van der Waals surface area contributed by atoms with Gasteiger partial charge in [0, 0.05) is 10.6 Å². The van der Waals surface area contributed by atoms with Crippen LogP contribution in [-0.2, 0) is 4.79 Å². The van der Waals surface area contributed by atoms with E-state index in [9.17, 15) is 15.0 Å². The average molecular weight is 301 g/mol. The fourth-order valence-corrected chi connectivity index (χ4v) is 2.02. The molecule has 0 aliphatic carbocycles. The number of rotatable bonds is 3. The highest BCUT2D eigenvalue weighted by Crippen LogP contribution is 2.22. The first-order valence-corrected chi connectivity index (χ1v) is 6.68. The molecule has 0 spiro atoms. The van der Waals surface area contributed by atoms with Crippen molar-refractivity contribution < 1.29 is 15.0 Å². The summed E-state index contributed by atoms with van der Waals surface area (Å²) in [4.78, 5) is 11.4. The van der Waals surface area contributed by atoms with E-state index >= 15 is 0 Å². The monoisotopic (exact) mass is 300 g/mol. The minimum Gasteiger partial charge on any atom is -0.481 e. The van der Waals surface area contributed by atoms with Gasteiger partial charge in [0.05, 0.1) is 0 Å². The van der Waals surface area contributed by atoms with Crippen LogP contribution in [0.25, 0.3) is 0 Å². The second-order valence-electron chi connectivity index (χ2n) is 4.45. The molecule has 2 rings (SSSR count). The fraction of sp³-hybridized carbons (Fsp3) is 0.118. The molecule has 0 aliphatic heterocycles. The van der Waals surface area contributed by atoms with Crippen molar-refractivity contribution in [2.45, 2.75) is 12.0 Å². The maximum atomic E-state index is 11.4. The van der Waals surface area contributed by atoms with E-state index in [1.807, 2.05) is 18.2 Å². The zero-order valence-electron chi connectivity index (χ0n) is 11.0. The van der Waals surface area contributed by atoms with Gasteiger partial charge in [-0.2, -0.15) is 0 Å². The Labute approximate surface area is 127 Å². The maximum Gasteiger partial charge on any atom is 0.314 e. The summed E-state index contributed by atoms with van der Waals surface area (Å²) in [5.41, 5.74) is 1.18. The second-order valence-corrected chi connectivity index (χ2v) is 4.88. The van der Waals surface area contributed by atoms with Crippen LogP contribution in [-0.4, -0.2) is 22.3 Å². The highest BCUT2D eigenvalue weighted by atomic mass is 35.5. The minimum atomic E-state index is -1.30. The topological polar surface area (TPSA) is 57.5 Å². The molecule has 0 radical (unpaired) electrons. The molecule has 2 aromatic rings. The first-order valence-electron chi connectivity index (χ1n) is 6.31. The van der Waals surface area contributed by atoms with Gasteiger partial charge in [0.25, 0.3) is 0 Å². The van der Waals surface area contributed by atoms with Gasteiger partial charge in [-0.3, -0.25) is 4.79 Å². The summed E-state index contributed by atoms with van der Waals surface area (Å²) in [6.45, 7) is 0. The van der Waals surface area contributed by atoms with Gasteiger partial charge in [0.2, 0.25) is 0 Å². The van der Waals surface area contributed by atoms with Crippen molar-refractivity contribution in [3.05, 3.63) is 70.7 Å². The Bertz CT molecular complexity index is 669. The summed E-state index contributed by atoms with van der Waals surface area (Å²) in [6.07, 6.45) is -1.30. The van der Waals surface area contributed by atoms with E-state index in [0.717, 1.165) is 5.56 Å². The Morgan fingerprint density at radius 3 is 2.24 bits per heavy atom. The van der Waals surface area contributed by atoms with Crippen molar-refractivity contribution in [1.82, 2.24) is 0 Å². The SMILES string of the molecule is O=C(O)[C@H](c1ccc(Cl)cc1)[C@H](O)C#Cc1ccccc1. The number of aliphatic hydroxyl groups excluding tert-OH is 1. The van der Waals surface area contributed by atoms with Gasteiger partial charge < -0.3 is 10.2 Å². The Hall–Kier alpha value is -2.28. The standard InChI is InChI=1S/C17H13ClO3/c18-14-9-7-13(8-10-14)16(17(20)21)15(19)11-6-12-4-2-1-3-5-12/h1-5,7-10,15-16,19H,(H,20,21)/t15-,16-/m1/s1. The normalized spacial score (nSPS) is 12.9. The number of carbonyl (C=O) groups is 1. The molecular weight excluding hydrogens is 288 g/mol. The molecule has 0 saturated heterocycles. The first kappa shape index (κ1) is 15.1. The molecule has 0 unspecified atom stereocenters. The fourth-order valence-electron chi connectivity index (χ4n) is 1.89. The number of hydrogen-bond acceptors (Lipinski definition) is 2. The lowest BCUT2D eigenvalue weighted by Gasteiger charge is -2.15. The van der Waals surface area contributed by atoms with Crippen LogP contribution in [0.2, 0.25) is 5.02 Å².